The first kappa shape index (κ1) is 18.3. The van der Waals surface area contributed by atoms with Crippen LogP contribution in [-0.4, -0.2) is 38.4 Å². The highest BCUT2D eigenvalue weighted by Crippen LogP contribution is 2.27. The van der Waals surface area contributed by atoms with Gasteiger partial charge in [-0.25, -0.2) is 13.8 Å². The molecule has 0 bridgehead atoms. The number of pyridine rings is 1. The lowest BCUT2D eigenvalue weighted by atomic mass is 9.96. The molecule has 0 radical (unpaired) electrons. The second kappa shape index (κ2) is 7.88. The summed E-state index contributed by atoms with van der Waals surface area (Å²) in [5, 5.41) is 0. The lowest BCUT2D eigenvalue weighted by Gasteiger charge is -2.32. The molecule has 144 valence electrons. The standard InChI is InChI=1S/C21H20F2N4O/c22-16-6-7-19(23)18(12-16)21(28)27-10-3-4-15(13-27)20-25-9-11-26(20)14-17-5-1-2-8-24-17/h1-2,5-9,11-12,15H,3-4,10,13-14H2/t15-/m1/s1. The van der Waals surface area contributed by atoms with Gasteiger partial charge in [-0.2, -0.15) is 0 Å². The van der Waals surface area contributed by atoms with Crippen molar-refractivity contribution in [1.82, 2.24) is 19.4 Å². The van der Waals surface area contributed by atoms with Gasteiger partial charge in [-0.15, -0.1) is 0 Å². The minimum absolute atomic E-state index is 0.0352. The summed E-state index contributed by atoms with van der Waals surface area (Å²) in [5.41, 5.74) is 0.699. The Kier molecular flexibility index (Phi) is 5.14. The van der Waals surface area contributed by atoms with Gasteiger partial charge in [0.1, 0.15) is 17.5 Å². The van der Waals surface area contributed by atoms with E-state index in [0.717, 1.165) is 42.6 Å². The monoisotopic (exact) mass is 382 g/mol. The molecule has 1 aliphatic heterocycles. The van der Waals surface area contributed by atoms with E-state index >= 15 is 0 Å². The van der Waals surface area contributed by atoms with Gasteiger partial charge in [-0.05, 0) is 43.2 Å². The minimum atomic E-state index is -0.704. The fourth-order valence-corrected chi connectivity index (χ4v) is 3.68. The smallest absolute Gasteiger partial charge is 0.256 e. The third-order valence-corrected chi connectivity index (χ3v) is 5.04. The zero-order valence-electron chi connectivity index (χ0n) is 15.3. The van der Waals surface area contributed by atoms with Crippen LogP contribution in [0, 0.1) is 11.6 Å². The van der Waals surface area contributed by atoms with Gasteiger partial charge in [-0.3, -0.25) is 9.78 Å². The summed E-state index contributed by atoms with van der Waals surface area (Å²) in [6.45, 7) is 1.54. The number of aromatic nitrogens is 3. The summed E-state index contributed by atoms with van der Waals surface area (Å²) < 4.78 is 29.5. The van der Waals surface area contributed by atoms with Crippen molar-refractivity contribution < 1.29 is 13.6 Å². The molecule has 0 N–H and O–H groups in total. The summed E-state index contributed by atoms with van der Waals surface area (Å²) >= 11 is 0. The van der Waals surface area contributed by atoms with Crippen molar-refractivity contribution in [3.63, 3.8) is 0 Å². The molecule has 1 fully saturated rings. The van der Waals surface area contributed by atoms with Gasteiger partial charge in [0.15, 0.2) is 0 Å². The quantitative estimate of drug-likeness (QED) is 0.693. The Balaban J connectivity index is 1.53. The van der Waals surface area contributed by atoms with Crippen molar-refractivity contribution in [1.29, 1.82) is 0 Å². The lowest BCUT2D eigenvalue weighted by Crippen LogP contribution is -2.40. The molecule has 5 nitrogen and oxygen atoms in total. The van der Waals surface area contributed by atoms with E-state index in [4.69, 9.17) is 0 Å². The molecule has 1 atom stereocenters. The van der Waals surface area contributed by atoms with Crippen molar-refractivity contribution in [2.45, 2.75) is 25.3 Å². The number of nitrogens with zero attached hydrogens (tertiary/aromatic N) is 4. The molecule has 2 aromatic heterocycles. The number of carbonyl (C=O) groups excluding carboxylic acids is 1. The van der Waals surface area contributed by atoms with Crippen LogP contribution in [0.15, 0.2) is 55.0 Å². The number of rotatable bonds is 4. The van der Waals surface area contributed by atoms with Gasteiger partial charge in [0.2, 0.25) is 0 Å². The molecule has 1 aliphatic rings. The van der Waals surface area contributed by atoms with Crippen molar-refractivity contribution in [3.8, 4) is 0 Å². The van der Waals surface area contributed by atoms with Crippen molar-refractivity contribution in [3.05, 3.63) is 83.7 Å². The van der Waals surface area contributed by atoms with Gasteiger partial charge in [0.05, 0.1) is 17.8 Å². The Hall–Kier alpha value is -3.09. The molecule has 7 heteroatoms. The maximum Gasteiger partial charge on any atom is 0.256 e. The number of carbonyl (C=O) groups is 1. The molecular weight excluding hydrogens is 362 g/mol. The number of halogens is 2. The van der Waals surface area contributed by atoms with Crippen LogP contribution < -0.4 is 0 Å². The van der Waals surface area contributed by atoms with Gasteiger partial charge >= 0.3 is 0 Å². The predicted octanol–water partition coefficient (Wildman–Crippen LogP) is 3.62. The minimum Gasteiger partial charge on any atom is -0.338 e. The fraction of sp³-hybridized carbons (Fsp3) is 0.286. The summed E-state index contributed by atoms with van der Waals surface area (Å²) in [7, 11) is 0. The molecule has 1 saturated heterocycles. The van der Waals surface area contributed by atoms with Gasteiger partial charge in [-0.1, -0.05) is 6.07 Å². The molecule has 1 aromatic carbocycles. The summed E-state index contributed by atoms with van der Waals surface area (Å²) in [4.78, 5) is 23.2. The Labute approximate surface area is 161 Å². The highest BCUT2D eigenvalue weighted by atomic mass is 19.1. The highest BCUT2D eigenvalue weighted by molar-refractivity contribution is 5.94. The number of benzene rings is 1. The lowest BCUT2D eigenvalue weighted by molar-refractivity contribution is 0.0698. The number of imidazole rings is 1. The van der Waals surface area contributed by atoms with Crippen LogP contribution in [0.25, 0.3) is 0 Å². The van der Waals surface area contributed by atoms with Crippen LogP contribution in [0.2, 0.25) is 0 Å². The Bertz CT molecular complexity index is 974. The molecule has 4 rings (SSSR count). The first-order valence-corrected chi connectivity index (χ1v) is 9.27. The number of likely N-dealkylation sites (tertiary alicyclic amines) is 1. The van der Waals surface area contributed by atoms with Gasteiger partial charge in [0.25, 0.3) is 5.91 Å². The summed E-state index contributed by atoms with van der Waals surface area (Å²) in [6, 6.07) is 8.72. The largest absolute Gasteiger partial charge is 0.338 e. The van der Waals surface area contributed by atoms with Crippen molar-refractivity contribution in [2.75, 3.05) is 13.1 Å². The second-order valence-electron chi connectivity index (χ2n) is 6.95. The second-order valence-corrected chi connectivity index (χ2v) is 6.95. The summed E-state index contributed by atoms with van der Waals surface area (Å²) in [5.74, 6) is -0.894. The Morgan fingerprint density at radius 1 is 1.14 bits per heavy atom. The van der Waals surface area contributed by atoms with E-state index in [-0.39, 0.29) is 11.5 Å². The average molecular weight is 382 g/mol. The van der Waals surface area contributed by atoms with Crippen LogP contribution >= 0.6 is 0 Å². The Morgan fingerprint density at radius 2 is 2.04 bits per heavy atom. The molecular formula is C21H20F2N4O. The number of hydrogen-bond acceptors (Lipinski definition) is 3. The van der Waals surface area contributed by atoms with Crippen LogP contribution in [0.4, 0.5) is 8.78 Å². The molecule has 3 heterocycles. The highest BCUT2D eigenvalue weighted by Gasteiger charge is 2.29. The zero-order valence-corrected chi connectivity index (χ0v) is 15.3. The van der Waals surface area contributed by atoms with E-state index in [9.17, 15) is 13.6 Å². The third kappa shape index (κ3) is 3.78. The van der Waals surface area contributed by atoms with Crippen LogP contribution in [0.3, 0.4) is 0 Å². The number of piperidine rings is 1. The molecule has 0 unspecified atom stereocenters. The van der Waals surface area contributed by atoms with E-state index in [0.29, 0.717) is 19.6 Å². The van der Waals surface area contributed by atoms with Crippen LogP contribution in [0.5, 0.6) is 0 Å². The molecule has 0 spiro atoms. The zero-order chi connectivity index (χ0) is 19.5. The first-order chi connectivity index (χ1) is 13.6. The predicted molar refractivity (Wildman–Crippen MR) is 99.8 cm³/mol. The molecule has 0 saturated carbocycles. The van der Waals surface area contributed by atoms with Crippen LogP contribution in [0.1, 0.15) is 40.6 Å². The Morgan fingerprint density at radius 3 is 2.86 bits per heavy atom. The van der Waals surface area contributed by atoms with Gasteiger partial charge in [0, 0.05) is 37.6 Å². The SMILES string of the molecule is O=C(c1cc(F)ccc1F)N1CCC[C@@H](c2nccn2Cc2ccccn2)C1. The molecule has 3 aromatic rings. The van der Waals surface area contributed by atoms with Crippen molar-refractivity contribution in [2.24, 2.45) is 0 Å². The molecule has 28 heavy (non-hydrogen) atoms. The third-order valence-electron chi connectivity index (χ3n) is 5.04. The number of amides is 1. The first-order valence-electron chi connectivity index (χ1n) is 9.27. The maximum absolute atomic E-state index is 14.0. The van der Waals surface area contributed by atoms with Crippen LogP contribution in [-0.2, 0) is 6.54 Å². The fourth-order valence-electron chi connectivity index (χ4n) is 3.68. The average Bonchev–Trinajstić information content (AvgIpc) is 3.18. The molecule has 0 aliphatic carbocycles. The van der Waals surface area contributed by atoms with E-state index in [1.807, 2.05) is 29.0 Å². The summed E-state index contributed by atoms with van der Waals surface area (Å²) in [6.07, 6.45) is 7.06. The van der Waals surface area contributed by atoms with Crippen molar-refractivity contribution >= 4 is 5.91 Å². The molecule has 1 amide bonds. The van der Waals surface area contributed by atoms with E-state index in [1.165, 1.54) is 0 Å². The van der Waals surface area contributed by atoms with E-state index in [1.54, 1.807) is 17.3 Å². The maximum atomic E-state index is 14.0. The topological polar surface area (TPSA) is 51.0 Å². The van der Waals surface area contributed by atoms with Gasteiger partial charge < -0.3 is 9.47 Å². The normalized spacial score (nSPS) is 16.9. The van der Waals surface area contributed by atoms with E-state index in [2.05, 4.69) is 9.97 Å². The van der Waals surface area contributed by atoms with E-state index < -0.39 is 17.5 Å². The number of hydrogen-bond donors (Lipinski definition) is 0.